The van der Waals surface area contributed by atoms with Crippen LogP contribution in [0, 0.1) is 0 Å². The minimum absolute atomic E-state index is 0.117. The third-order valence-corrected chi connectivity index (χ3v) is 2.59. The number of anilines is 1. The molecule has 2 heterocycles. The van der Waals surface area contributed by atoms with Gasteiger partial charge in [0.15, 0.2) is 0 Å². The number of hydrogen-bond acceptors (Lipinski definition) is 4. The van der Waals surface area contributed by atoms with Crippen LogP contribution < -0.4 is 5.32 Å². The van der Waals surface area contributed by atoms with Crippen molar-refractivity contribution in [2.45, 2.75) is 32.2 Å². The van der Waals surface area contributed by atoms with Crippen molar-refractivity contribution in [2.75, 3.05) is 11.9 Å². The molecular weight excluding hydrogens is 220 g/mol. The highest BCUT2D eigenvalue weighted by Gasteiger charge is 2.07. The zero-order valence-electron chi connectivity index (χ0n) is 9.59. The minimum Gasteiger partial charge on any atom is -0.480 e. The van der Waals surface area contributed by atoms with E-state index in [1.165, 1.54) is 11.1 Å². The zero-order chi connectivity index (χ0) is 12.1. The summed E-state index contributed by atoms with van der Waals surface area (Å²) in [5.74, 6) is 0.0730. The topological polar surface area (TPSA) is 79.5 Å². The molecule has 0 saturated carbocycles. The lowest BCUT2D eigenvalue weighted by Crippen LogP contribution is -2.11. The van der Waals surface area contributed by atoms with Gasteiger partial charge in [-0.05, 0) is 12.8 Å². The molecule has 0 aliphatic carbocycles. The van der Waals surface area contributed by atoms with Crippen LogP contribution in [0.2, 0.25) is 0 Å². The Labute approximate surface area is 99.4 Å². The van der Waals surface area contributed by atoms with Crippen LogP contribution in [0.1, 0.15) is 25.7 Å². The molecule has 0 saturated heterocycles. The zero-order valence-corrected chi connectivity index (χ0v) is 9.59. The van der Waals surface area contributed by atoms with Crippen molar-refractivity contribution in [1.29, 1.82) is 0 Å². The molecule has 0 fully saturated rings. The number of rotatable bonds is 3. The van der Waals surface area contributed by atoms with Gasteiger partial charge < -0.3 is 10.4 Å². The first-order chi connectivity index (χ1) is 8.24. The van der Waals surface area contributed by atoms with Crippen molar-refractivity contribution in [3.8, 4) is 0 Å². The number of nitrogens with one attached hydrogen (secondary N) is 1. The van der Waals surface area contributed by atoms with Crippen LogP contribution in [-0.2, 0) is 11.3 Å². The first-order valence-electron chi connectivity index (χ1n) is 5.78. The van der Waals surface area contributed by atoms with Gasteiger partial charge in [0.2, 0.25) is 0 Å². The second kappa shape index (κ2) is 5.47. The van der Waals surface area contributed by atoms with E-state index in [1.807, 2.05) is 0 Å². The average molecular weight is 236 g/mol. The SMILES string of the molecule is O=C(O)Cn1cc(NC2=NCCCCC2)cn1. The molecule has 92 valence electrons. The maximum absolute atomic E-state index is 10.5. The number of nitrogens with zero attached hydrogens (tertiary/aromatic N) is 3. The predicted octanol–water partition coefficient (Wildman–Crippen LogP) is 1.35. The number of hydrogen-bond donors (Lipinski definition) is 2. The minimum atomic E-state index is -0.897. The molecule has 1 aliphatic heterocycles. The molecule has 0 atom stereocenters. The standard InChI is InChI=1S/C11H16N4O2/c16-11(17)8-15-7-9(6-13-15)14-10-4-2-1-3-5-12-10/h6-7H,1-5,8H2,(H,12,14)(H,16,17). The van der Waals surface area contributed by atoms with Crippen LogP contribution in [0.15, 0.2) is 17.4 Å². The molecule has 1 aromatic rings. The van der Waals surface area contributed by atoms with E-state index in [4.69, 9.17) is 5.11 Å². The monoisotopic (exact) mass is 236 g/mol. The van der Waals surface area contributed by atoms with Crippen LogP contribution >= 0.6 is 0 Å². The highest BCUT2D eigenvalue weighted by molar-refractivity contribution is 5.95. The van der Waals surface area contributed by atoms with Gasteiger partial charge >= 0.3 is 5.97 Å². The van der Waals surface area contributed by atoms with Crippen LogP contribution in [0.25, 0.3) is 0 Å². The second-order valence-corrected chi connectivity index (χ2v) is 4.08. The number of aromatic nitrogens is 2. The van der Waals surface area contributed by atoms with E-state index in [0.717, 1.165) is 37.3 Å². The largest absolute Gasteiger partial charge is 0.480 e. The fraction of sp³-hybridized carbons (Fsp3) is 0.545. The normalized spacial score (nSPS) is 16.1. The van der Waals surface area contributed by atoms with E-state index in [1.54, 1.807) is 12.4 Å². The van der Waals surface area contributed by atoms with Crippen molar-refractivity contribution < 1.29 is 9.90 Å². The number of carbonyl (C=O) groups is 1. The molecule has 2 N–H and O–H groups in total. The fourth-order valence-electron chi connectivity index (χ4n) is 1.80. The molecule has 0 unspecified atom stereocenters. The Kier molecular flexibility index (Phi) is 3.74. The summed E-state index contributed by atoms with van der Waals surface area (Å²) < 4.78 is 1.39. The van der Waals surface area contributed by atoms with Gasteiger partial charge in [-0.2, -0.15) is 5.10 Å². The molecule has 2 rings (SSSR count). The van der Waals surface area contributed by atoms with Gasteiger partial charge in [0.25, 0.3) is 0 Å². The summed E-state index contributed by atoms with van der Waals surface area (Å²) in [7, 11) is 0. The Morgan fingerprint density at radius 2 is 2.35 bits per heavy atom. The lowest BCUT2D eigenvalue weighted by atomic mass is 10.2. The molecule has 1 aromatic heterocycles. The summed E-state index contributed by atoms with van der Waals surface area (Å²) in [6.45, 7) is 0.750. The Bertz CT molecular complexity index is 425. The molecule has 6 nitrogen and oxygen atoms in total. The molecule has 0 aromatic carbocycles. The van der Waals surface area contributed by atoms with Gasteiger partial charge in [0.05, 0.1) is 11.9 Å². The van der Waals surface area contributed by atoms with E-state index in [2.05, 4.69) is 15.4 Å². The van der Waals surface area contributed by atoms with E-state index in [9.17, 15) is 4.79 Å². The number of carboxylic acid groups (broad SMARTS) is 1. The molecular formula is C11H16N4O2. The Morgan fingerprint density at radius 3 is 3.18 bits per heavy atom. The van der Waals surface area contributed by atoms with Gasteiger partial charge in [-0.15, -0.1) is 0 Å². The van der Waals surface area contributed by atoms with Crippen molar-refractivity contribution in [3.63, 3.8) is 0 Å². The first kappa shape index (κ1) is 11.6. The lowest BCUT2D eigenvalue weighted by molar-refractivity contribution is -0.137. The molecule has 0 bridgehead atoms. The Hall–Kier alpha value is -1.85. The van der Waals surface area contributed by atoms with Crippen LogP contribution in [0.5, 0.6) is 0 Å². The highest BCUT2D eigenvalue weighted by atomic mass is 16.4. The average Bonchev–Trinajstić information content (AvgIpc) is 2.54. The number of amidine groups is 1. The summed E-state index contributed by atoms with van der Waals surface area (Å²) >= 11 is 0. The smallest absolute Gasteiger partial charge is 0.325 e. The molecule has 0 radical (unpaired) electrons. The van der Waals surface area contributed by atoms with E-state index in [0.29, 0.717) is 0 Å². The number of aliphatic carboxylic acids is 1. The summed E-state index contributed by atoms with van der Waals surface area (Å²) in [5, 5.41) is 15.8. The molecule has 0 amide bonds. The van der Waals surface area contributed by atoms with E-state index in [-0.39, 0.29) is 6.54 Å². The van der Waals surface area contributed by atoms with E-state index >= 15 is 0 Å². The predicted molar refractivity (Wildman–Crippen MR) is 64.3 cm³/mol. The number of carboxylic acids is 1. The lowest BCUT2D eigenvalue weighted by Gasteiger charge is -2.04. The van der Waals surface area contributed by atoms with Crippen molar-refractivity contribution >= 4 is 17.5 Å². The maximum Gasteiger partial charge on any atom is 0.325 e. The summed E-state index contributed by atoms with van der Waals surface area (Å²) in [5.41, 5.74) is 0.798. The maximum atomic E-state index is 10.5. The summed E-state index contributed by atoms with van der Waals surface area (Å²) in [6.07, 6.45) is 7.76. The quantitative estimate of drug-likeness (QED) is 0.830. The van der Waals surface area contributed by atoms with Gasteiger partial charge in [0, 0.05) is 19.2 Å². The highest BCUT2D eigenvalue weighted by Crippen LogP contribution is 2.11. The Morgan fingerprint density at radius 1 is 1.47 bits per heavy atom. The third-order valence-electron chi connectivity index (χ3n) is 2.59. The van der Waals surface area contributed by atoms with Crippen LogP contribution in [0.3, 0.4) is 0 Å². The van der Waals surface area contributed by atoms with Crippen molar-refractivity contribution in [1.82, 2.24) is 9.78 Å². The molecule has 6 heteroatoms. The third kappa shape index (κ3) is 3.58. The Balaban J connectivity index is 1.95. The molecule has 17 heavy (non-hydrogen) atoms. The summed E-state index contributed by atoms with van der Waals surface area (Å²) in [6, 6.07) is 0. The van der Waals surface area contributed by atoms with Gasteiger partial charge in [-0.25, -0.2) is 0 Å². The summed E-state index contributed by atoms with van der Waals surface area (Å²) in [4.78, 5) is 14.9. The molecule has 0 spiro atoms. The van der Waals surface area contributed by atoms with E-state index < -0.39 is 5.97 Å². The van der Waals surface area contributed by atoms with Gasteiger partial charge in [-0.3, -0.25) is 14.5 Å². The van der Waals surface area contributed by atoms with Gasteiger partial charge in [-0.1, -0.05) is 6.42 Å². The second-order valence-electron chi connectivity index (χ2n) is 4.08. The number of aliphatic imine (C=N–C) groups is 1. The van der Waals surface area contributed by atoms with Crippen molar-refractivity contribution in [3.05, 3.63) is 12.4 Å². The van der Waals surface area contributed by atoms with Crippen molar-refractivity contribution in [2.24, 2.45) is 4.99 Å². The first-order valence-corrected chi connectivity index (χ1v) is 5.78. The molecule has 1 aliphatic rings. The van der Waals surface area contributed by atoms with Crippen LogP contribution in [-0.4, -0.2) is 33.2 Å². The van der Waals surface area contributed by atoms with Gasteiger partial charge in [0.1, 0.15) is 12.4 Å². The van der Waals surface area contributed by atoms with Crippen LogP contribution in [0.4, 0.5) is 5.69 Å². The fourth-order valence-corrected chi connectivity index (χ4v) is 1.80.